The van der Waals surface area contributed by atoms with E-state index in [4.69, 9.17) is 0 Å². The van der Waals surface area contributed by atoms with Crippen molar-refractivity contribution in [2.45, 2.75) is 46.1 Å². The molecule has 138 valence electrons. The molecule has 2 unspecified atom stereocenters. The van der Waals surface area contributed by atoms with Crippen LogP contribution in [0.15, 0.2) is 17.1 Å². The maximum Gasteiger partial charge on any atom is 0.191 e. The molecule has 1 saturated heterocycles. The van der Waals surface area contributed by atoms with E-state index in [9.17, 15) is 0 Å². The van der Waals surface area contributed by atoms with Gasteiger partial charge in [-0.2, -0.15) is 0 Å². The monoisotopic (exact) mass is 464 g/mol. The lowest BCUT2D eigenvalue weighted by Crippen LogP contribution is -2.45. The molecule has 2 rings (SSSR count). The number of nitrogens with zero attached hydrogens (tertiary/aromatic N) is 2. The summed E-state index contributed by atoms with van der Waals surface area (Å²) in [5.41, 5.74) is 0. The molecule has 2 heterocycles. The molecule has 4 nitrogen and oxygen atoms in total. The lowest BCUT2D eigenvalue weighted by molar-refractivity contribution is 0.287. The molecule has 1 aromatic heterocycles. The van der Waals surface area contributed by atoms with Crippen molar-refractivity contribution in [2.75, 3.05) is 33.2 Å². The number of aliphatic imine (C=N–C) groups is 1. The number of likely N-dealkylation sites (tertiary alicyclic amines) is 1. The van der Waals surface area contributed by atoms with E-state index in [0.717, 1.165) is 18.9 Å². The molecule has 1 fully saturated rings. The summed E-state index contributed by atoms with van der Waals surface area (Å²) >= 11 is 1.88. The number of guanidine groups is 1. The fraction of sp³-hybridized carbons (Fsp3) is 0.722. The highest BCUT2D eigenvalue weighted by atomic mass is 127. The zero-order chi connectivity index (χ0) is 16.7. The van der Waals surface area contributed by atoms with Gasteiger partial charge in [0.15, 0.2) is 5.96 Å². The van der Waals surface area contributed by atoms with Gasteiger partial charge in [-0.25, -0.2) is 0 Å². The average Bonchev–Trinajstić information content (AvgIpc) is 3.15. The second-order valence-electron chi connectivity index (χ2n) is 6.83. The summed E-state index contributed by atoms with van der Waals surface area (Å²) in [4.78, 5) is 9.75. The van der Waals surface area contributed by atoms with Crippen LogP contribution in [0.5, 0.6) is 0 Å². The van der Waals surface area contributed by atoms with Crippen molar-refractivity contribution in [3.63, 3.8) is 0 Å². The van der Waals surface area contributed by atoms with Gasteiger partial charge in [0.1, 0.15) is 0 Å². The lowest BCUT2D eigenvalue weighted by atomic mass is 10.1. The standard InChI is InChI=1S/C18H32N4S.HI/c1-14(13-22-9-5-6-10-22)12-20-18(19-4)21-15(2)11-17-8-7-16(3)23-17;/h7-8,14-15H,5-6,9-13H2,1-4H3,(H2,19,20,21);1H. The van der Waals surface area contributed by atoms with Crippen LogP contribution in [0.2, 0.25) is 0 Å². The van der Waals surface area contributed by atoms with E-state index in [1.807, 2.05) is 18.4 Å². The van der Waals surface area contributed by atoms with Gasteiger partial charge in [0.2, 0.25) is 0 Å². The highest BCUT2D eigenvalue weighted by Crippen LogP contribution is 2.16. The van der Waals surface area contributed by atoms with Crippen LogP contribution in [-0.2, 0) is 6.42 Å². The average molecular weight is 464 g/mol. The van der Waals surface area contributed by atoms with Crippen LogP contribution in [0.25, 0.3) is 0 Å². The van der Waals surface area contributed by atoms with Crippen molar-refractivity contribution in [3.8, 4) is 0 Å². The Labute approximate surface area is 168 Å². The van der Waals surface area contributed by atoms with Crippen molar-refractivity contribution in [1.29, 1.82) is 0 Å². The summed E-state index contributed by atoms with van der Waals surface area (Å²) in [6, 6.07) is 4.81. The van der Waals surface area contributed by atoms with Crippen LogP contribution in [0.3, 0.4) is 0 Å². The zero-order valence-electron chi connectivity index (χ0n) is 15.5. The van der Waals surface area contributed by atoms with Crippen LogP contribution in [0.4, 0.5) is 0 Å². The van der Waals surface area contributed by atoms with Crippen molar-refractivity contribution in [2.24, 2.45) is 10.9 Å². The van der Waals surface area contributed by atoms with Crippen LogP contribution in [-0.4, -0.2) is 50.1 Å². The number of nitrogens with one attached hydrogen (secondary N) is 2. The van der Waals surface area contributed by atoms with E-state index in [-0.39, 0.29) is 24.0 Å². The number of thiophene rings is 1. The van der Waals surface area contributed by atoms with Gasteiger partial charge in [-0.3, -0.25) is 4.99 Å². The molecule has 2 N–H and O–H groups in total. The minimum Gasteiger partial charge on any atom is -0.356 e. The molecule has 1 aromatic rings. The number of hydrogen-bond acceptors (Lipinski definition) is 3. The molecule has 0 bridgehead atoms. The second-order valence-corrected chi connectivity index (χ2v) is 8.20. The van der Waals surface area contributed by atoms with Gasteiger partial charge < -0.3 is 15.5 Å². The Morgan fingerprint density at radius 3 is 2.58 bits per heavy atom. The summed E-state index contributed by atoms with van der Waals surface area (Å²) in [7, 11) is 1.85. The van der Waals surface area contributed by atoms with Gasteiger partial charge in [-0.15, -0.1) is 35.3 Å². The van der Waals surface area contributed by atoms with E-state index in [0.29, 0.717) is 12.0 Å². The van der Waals surface area contributed by atoms with Crippen molar-refractivity contribution in [3.05, 3.63) is 21.9 Å². The number of aryl methyl sites for hydroxylation is 1. The topological polar surface area (TPSA) is 39.7 Å². The Morgan fingerprint density at radius 1 is 1.29 bits per heavy atom. The first-order valence-electron chi connectivity index (χ1n) is 8.81. The molecule has 24 heavy (non-hydrogen) atoms. The smallest absolute Gasteiger partial charge is 0.191 e. The lowest BCUT2D eigenvalue weighted by Gasteiger charge is -2.22. The second kappa shape index (κ2) is 11.3. The van der Waals surface area contributed by atoms with Crippen LogP contribution < -0.4 is 10.6 Å². The van der Waals surface area contributed by atoms with Crippen molar-refractivity contribution >= 4 is 41.3 Å². The van der Waals surface area contributed by atoms with Crippen LogP contribution in [0.1, 0.15) is 36.4 Å². The Hall–Kier alpha value is -0.340. The van der Waals surface area contributed by atoms with Gasteiger partial charge in [0, 0.05) is 42.4 Å². The predicted octanol–water partition coefficient (Wildman–Crippen LogP) is 3.50. The Bertz CT molecular complexity index is 497. The molecule has 0 aromatic carbocycles. The third kappa shape index (κ3) is 7.70. The molecule has 1 aliphatic heterocycles. The minimum atomic E-state index is 0. The van der Waals surface area contributed by atoms with Gasteiger partial charge in [0.05, 0.1) is 0 Å². The summed E-state index contributed by atoms with van der Waals surface area (Å²) in [6.45, 7) is 11.4. The van der Waals surface area contributed by atoms with Gasteiger partial charge >= 0.3 is 0 Å². The molecule has 1 aliphatic rings. The number of rotatable bonds is 7. The Kier molecular flexibility index (Phi) is 10.2. The minimum absolute atomic E-state index is 0. The van der Waals surface area contributed by atoms with Crippen molar-refractivity contribution in [1.82, 2.24) is 15.5 Å². The van der Waals surface area contributed by atoms with E-state index in [1.54, 1.807) is 0 Å². The molecule has 0 radical (unpaired) electrons. The van der Waals surface area contributed by atoms with E-state index >= 15 is 0 Å². The molecule has 2 atom stereocenters. The summed E-state index contributed by atoms with van der Waals surface area (Å²) < 4.78 is 0. The van der Waals surface area contributed by atoms with E-state index in [1.165, 1.54) is 42.2 Å². The highest BCUT2D eigenvalue weighted by Gasteiger charge is 2.15. The molecule has 0 spiro atoms. The van der Waals surface area contributed by atoms with E-state index < -0.39 is 0 Å². The fourth-order valence-electron chi connectivity index (χ4n) is 3.12. The summed E-state index contributed by atoms with van der Waals surface area (Å²) in [5.74, 6) is 1.56. The predicted molar refractivity (Wildman–Crippen MR) is 117 cm³/mol. The molecule has 0 aliphatic carbocycles. The van der Waals surface area contributed by atoms with Crippen LogP contribution in [0, 0.1) is 12.8 Å². The molecule has 0 amide bonds. The van der Waals surface area contributed by atoms with Gasteiger partial charge in [0.25, 0.3) is 0 Å². The normalized spacial score (nSPS) is 18.1. The first-order chi connectivity index (χ1) is 11.1. The van der Waals surface area contributed by atoms with Gasteiger partial charge in [-0.1, -0.05) is 6.92 Å². The number of halogens is 1. The first kappa shape index (κ1) is 21.7. The van der Waals surface area contributed by atoms with Crippen LogP contribution >= 0.6 is 35.3 Å². The zero-order valence-corrected chi connectivity index (χ0v) is 18.6. The molecule has 0 saturated carbocycles. The van der Waals surface area contributed by atoms with E-state index in [2.05, 4.69) is 53.4 Å². The van der Waals surface area contributed by atoms with Crippen molar-refractivity contribution < 1.29 is 0 Å². The third-order valence-electron chi connectivity index (χ3n) is 4.30. The third-order valence-corrected chi connectivity index (χ3v) is 5.32. The highest BCUT2D eigenvalue weighted by molar-refractivity contribution is 14.0. The Balaban J connectivity index is 0.00000288. The summed E-state index contributed by atoms with van der Waals surface area (Å²) in [5, 5.41) is 6.99. The maximum atomic E-state index is 4.36. The molecular formula is C18H33IN4S. The fourth-order valence-corrected chi connectivity index (χ4v) is 4.14. The maximum absolute atomic E-state index is 4.36. The molecular weight excluding hydrogens is 431 g/mol. The Morgan fingerprint density at radius 2 is 2.00 bits per heavy atom. The largest absolute Gasteiger partial charge is 0.356 e. The SMILES string of the molecule is CN=C(NCC(C)CN1CCCC1)NC(C)Cc1ccc(C)s1.I. The number of hydrogen-bond donors (Lipinski definition) is 2. The quantitative estimate of drug-likeness (QED) is 0.369. The first-order valence-corrected chi connectivity index (χ1v) is 9.63. The summed E-state index contributed by atoms with van der Waals surface area (Å²) in [6.07, 6.45) is 3.77. The molecule has 6 heteroatoms. The van der Waals surface area contributed by atoms with Gasteiger partial charge in [-0.05, 0) is 57.8 Å².